The van der Waals surface area contributed by atoms with Crippen molar-refractivity contribution in [3.63, 3.8) is 0 Å². The topological polar surface area (TPSA) is 64.3 Å². The summed E-state index contributed by atoms with van der Waals surface area (Å²) in [5, 5.41) is 16.5. The Morgan fingerprint density at radius 3 is 2.67 bits per heavy atom. The predicted molar refractivity (Wildman–Crippen MR) is 93.3 cm³/mol. The van der Waals surface area contributed by atoms with Crippen molar-refractivity contribution in [1.82, 2.24) is 19.8 Å². The summed E-state index contributed by atoms with van der Waals surface area (Å²) in [5.74, 6) is 0.838. The fraction of sp³-hybridized carbons (Fsp3) is 0.389. The van der Waals surface area contributed by atoms with Crippen molar-refractivity contribution in [3.8, 4) is 17.0 Å². The molecule has 0 unspecified atom stereocenters. The Bertz CT molecular complexity index is 821. The van der Waals surface area contributed by atoms with Gasteiger partial charge in [0.05, 0.1) is 18.5 Å². The first-order valence-corrected chi connectivity index (χ1v) is 8.45. The van der Waals surface area contributed by atoms with E-state index in [1.54, 1.807) is 18.0 Å². The molecule has 0 radical (unpaired) electrons. The lowest BCUT2D eigenvalue weighted by atomic mass is 9.95. The molecule has 1 fully saturated rings. The summed E-state index contributed by atoms with van der Waals surface area (Å²) in [7, 11) is 1.67. The fourth-order valence-electron chi connectivity index (χ4n) is 3.30. The Balaban J connectivity index is 1.70. The Hall–Kier alpha value is -2.63. The molecule has 1 N–H and O–H groups in total. The number of hydrogen-bond acceptors (Lipinski definition) is 5. The highest BCUT2D eigenvalue weighted by Crippen LogP contribution is 2.27. The Kier molecular flexibility index (Phi) is 4.02. The Labute approximate surface area is 140 Å². The highest BCUT2D eigenvalue weighted by Gasteiger charge is 2.16. The summed E-state index contributed by atoms with van der Waals surface area (Å²) < 4.78 is 6.97. The number of anilines is 1. The number of methoxy groups -OCH3 is 1. The normalized spacial score (nSPS) is 15.5. The van der Waals surface area contributed by atoms with Gasteiger partial charge in [0.1, 0.15) is 12.1 Å². The quantitative estimate of drug-likeness (QED) is 0.795. The van der Waals surface area contributed by atoms with E-state index in [2.05, 4.69) is 26.7 Å². The summed E-state index contributed by atoms with van der Waals surface area (Å²) in [6.07, 6.45) is 7.98. The van der Waals surface area contributed by atoms with Gasteiger partial charge in [0.2, 0.25) is 5.65 Å². The largest absolute Gasteiger partial charge is 0.497 e. The molecule has 124 valence electrons. The molecule has 0 atom stereocenters. The average molecular weight is 323 g/mol. The van der Waals surface area contributed by atoms with Gasteiger partial charge in [-0.25, -0.2) is 0 Å². The van der Waals surface area contributed by atoms with E-state index >= 15 is 0 Å². The SMILES string of the molecule is COc1ccc(-c2cc(NC3CCCCC3)c3nncn3n2)cc1. The number of hydrogen-bond donors (Lipinski definition) is 1. The maximum atomic E-state index is 5.23. The van der Waals surface area contributed by atoms with Gasteiger partial charge < -0.3 is 10.1 Å². The molecule has 0 saturated heterocycles. The van der Waals surface area contributed by atoms with E-state index in [1.807, 2.05) is 24.3 Å². The second kappa shape index (κ2) is 6.47. The maximum absolute atomic E-state index is 5.23. The van der Waals surface area contributed by atoms with Gasteiger partial charge in [-0.2, -0.15) is 9.61 Å². The smallest absolute Gasteiger partial charge is 0.200 e. The Morgan fingerprint density at radius 1 is 1.12 bits per heavy atom. The maximum Gasteiger partial charge on any atom is 0.200 e. The molecule has 2 aromatic heterocycles. The van der Waals surface area contributed by atoms with Crippen LogP contribution >= 0.6 is 0 Å². The Morgan fingerprint density at radius 2 is 1.92 bits per heavy atom. The van der Waals surface area contributed by atoms with Crippen molar-refractivity contribution in [2.75, 3.05) is 12.4 Å². The molecule has 1 aromatic carbocycles. The van der Waals surface area contributed by atoms with E-state index in [-0.39, 0.29) is 0 Å². The van der Waals surface area contributed by atoms with Crippen LogP contribution in [-0.2, 0) is 0 Å². The van der Waals surface area contributed by atoms with Gasteiger partial charge in [-0.1, -0.05) is 19.3 Å². The monoisotopic (exact) mass is 323 g/mol. The van der Waals surface area contributed by atoms with E-state index in [0.29, 0.717) is 6.04 Å². The molecule has 2 heterocycles. The second-order valence-corrected chi connectivity index (χ2v) is 6.25. The molecule has 3 aromatic rings. The minimum absolute atomic E-state index is 0.505. The molecule has 1 aliphatic carbocycles. The summed E-state index contributed by atoms with van der Waals surface area (Å²) >= 11 is 0. The summed E-state index contributed by atoms with van der Waals surface area (Å²) in [6, 6.07) is 10.5. The van der Waals surface area contributed by atoms with Crippen molar-refractivity contribution in [2.24, 2.45) is 0 Å². The summed E-state index contributed by atoms with van der Waals surface area (Å²) in [5.41, 5.74) is 3.71. The van der Waals surface area contributed by atoms with Crippen LogP contribution in [0.15, 0.2) is 36.7 Å². The van der Waals surface area contributed by atoms with Gasteiger partial charge in [-0.3, -0.25) is 0 Å². The third-order valence-electron chi connectivity index (χ3n) is 4.62. The fourth-order valence-corrected chi connectivity index (χ4v) is 3.30. The van der Waals surface area contributed by atoms with Crippen LogP contribution in [0.1, 0.15) is 32.1 Å². The summed E-state index contributed by atoms with van der Waals surface area (Å²) in [4.78, 5) is 0. The van der Waals surface area contributed by atoms with Crippen LogP contribution in [0.25, 0.3) is 16.9 Å². The van der Waals surface area contributed by atoms with Gasteiger partial charge in [0.15, 0.2) is 0 Å². The van der Waals surface area contributed by atoms with Crippen LogP contribution in [0.5, 0.6) is 5.75 Å². The van der Waals surface area contributed by atoms with Gasteiger partial charge in [0.25, 0.3) is 0 Å². The first kappa shape index (κ1) is 14.9. The zero-order valence-corrected chi connectivity index (χ0v) is 13.8. The lowest BCUT2D eigenvalue weighted by Crippen LogP contribution is -2.22. The highest BCUT2D eigenvalue weighted by atomic mass is 16.5. The standard InChI is InChI=1S/C18H21N5O/c1-24-15-9-7-13(8-10-15)16-11-17(18-21-19-12-23(18)22-16)20-14-5-3-2-4-6-14/h7-12,14,20H,2-6H2,1H3. The first-order chi connectivity index (χ1) is 11.8. The number of rotatable bonds is 4. The van der Waals surface area contributed by atoms with E-state index in [9.17, 15) is 0 Å². The molecule has 4 rings (SSSR count). The predicted octanol–water partition coefficient (Wildman–Crippen LogP) is 3.54. The van der Waals surface area contributed by atoms with Gasteiger partial charge in [0, 0.05) is 11.6 Å². The van der Waals surface area contributed by atoms with Gasteiger partial charge in [-0.05, 0) is 43.2 Å². The lowest BCUT2D eigenvalue weighted by molar-refractivity contribution is 0.415. The van der Waals surface area contributed by atoms with Gasteiger partial charge in [-0.15, -0.1) is 10.2 Å². The number of nitrogens with zero attached hydrogens (tertiary/aromatic N) is 4. The molecule has 0 aliphatic heterocycles. The number of fused-ring (bicyclic) bond motifs is 1. The number of nitrogens with one attached hydrogen (secondary N) is 1. The minimum atomic E-state index is 0.505. The van der Waals surface area contributed by atoms with Crippen molar-refractivity contribution in [2.45, 2.75) is 38.1 Å². The summed E-state index contributed by atoms with van der Waals surface area (Å²) in [6.45, 7) is 0. The molecule has 0 bridgehead atoms. The molecule has 6 heteroatoms. The van der Waals surface area contributed by atoms with E-state index in [4.69, 9.17) is 4.74 Å². The van der Waals surface area contributed by atoms with Crippen LogP contribution in [0.4, 0.5) is 5.69 Å². The van der Waals surface area contributed by atoms with E-state index < -0.39 is 0 Å². The average Bonchev–Trinajstić information content (AvgIpc) is 3.11. The van der Waals surface area contributed by atoms with Crippen LogP contribution in [-0.4, -0.2) is 33.0 Å². The first-order valence-electron chi connectivity index (χ1n) is 8.45. The van der Waals surface area contributed by atoms with E-state index in [1.165, 1.54) is 32.1 Å². The third kappa shape index (κ3) is 2.91. The van der Waals surface area contributed by atoms with Gasteiger partial charge >= 0.3 is 0 Å². The number of benzene rings is 1. The minimum Gasteiger partial charge on any atom is -0.497 e. The van der Waals surface area contributed by atoms with Crippen LogP contribution < -0.4 is 10.1 Å². The molecule has 1 aliphatic rings. The van der Waals surface area contributed by atoms with Crippen LogP contribution in [0.2, 0.25) is 0 Å². The van der Waals surface area contributed by atoms with Crippen molar-refractivity contribution in [3.05, 3.63) is 36.7 Å². The molecule has 0 spiro atoms. The van der Waals surface area contributed by atoms with Crippen LogP contribution in [0, 0.1) is 0 Å². The van der Waals surface area contributed by atoms with Crippen molar-refractivity contribution >= 4 is 11.3 Å². The number of ether oxygens (including phenoxy) is 1. The third-order valence-corrected chi connectivity index (χ3v) is 4.62. The highest BCUT2D eigenvalue weighted by molar-refractivity contribution is 5.73. The van der Waals surface area contributed by atoms with Crippen molar-refractivity contribution < 1.29 is 4.74 Å². The molecular formula is C18H21N5O. The van der Waals surface area contributed by atoms with E-state index in [0.717, 1.165) is 28.3 Å². The zero-order valence-electron chi connectivity index (χ0n) is 13.8. The van der Waals surface area contributed by atoms with Crippen molar-refractivity contribution in [1.29, 1.82) is 0 Å². The molecular weight excluding hydrogens is 302 g/mol. The molecule has 6 nitrogen and oxygen atoms in total. The zero-order chi connectivity index (χ0) is 16.4. The molecule has 0 amide bonds. The molecule has 1 saturated carbocycles. The second-order valence-electron chi connectivity index (χ2n) is 6.25. The molecule has 24 heavy (non-hydrogen) atoms. The lowest BCUT2D eigenvalue weighted by Gasteiger charge is -2.24. The number of aromatic nitrogens is 4. The van der Waals surface area contributed by atoms with Crippen LogP contribution in [0.3, 0.4) is 0 Å².